The first kappa shape index (κ1) is 21.0. The molecule has 0 aliphatic heterocycles. The van der Waals surface area contributed by atoms with Gasteiger partial charge < -0.3 is 19.7 Å². The number of thioether (sulfide) groups is 1. The molecule has 2 rings (SSSR count). The summed E-state index contributed by atoms with van der Waals surface area (Å²) in [6.45, 7) is -0.198. The van der Waals surface area contributed by atoms with Crippen LogP contribution in [0.1, 0.15) is 18.1 Å². The van der Waals surface area contributed by atoms with Gasteiger partial charge in [0.25, 0.3) is 0 Å². The topological polar surface area (TPSA) is 88.0 Å². The Bertz CT molecular complexity index is 756. The molecule has 0 aliphatic carbocycles. The van der Waals surface area contributed by atoms with Gasteiger partial charge in [0, 0.05) is 30.7 Å². The number of carbonyl (C=O) groups excluding carboxylic acids is 1. The first-order valence-electron chi connectivity index (χ1n) is 8.22. The Morgan fingerprint density at radius 3 is 2.52 bits per heavy atom. The van der Waals surface area contributed by atoms with E-state index in [0.717, 1.165) is 11.0 Å². The zero-order valence-electron chi connectivity index (χ0n) is 15.0. The van der Waals surface area contributed by atoms with Gasteiger partial charge in [0.15, 0.2) is 17.7 Å². The highest BCUT2D eigenvalue weighted by Crippen LogP contribution is 2.29. The first-order valence-corrected chi connectivity index (χ1v) is 9.44. The fourth-order valence-electron chi connectivity index (χ4n) is 2.52. The van der Waals surface area contributed by atoms with Crippen molar-refractivity contribution in [1.29, 1.82) is 0 Å². The monoisotopic (exact) mass is 395 g/mol. The average molecular weight is 395 g/mol. The Kier molecular flexibility index (Phi) is 7.90. The number of phenols is 1. The molecule has 2 aromatic rings. The standard InChI is InChI=1S/C19H22FNO5S/c1-25-17(9-10-22)18(12-3-8-16(23)15(20)11-12)26-19(24)21-13-4-6-14(27-2)7-5-13/h3-8,11,17-18,22-23H,9-10H2,1-2H3,(H,21,24)/t17-,18-/m1/s1. The summed E-state index contributed by atoms with van der Waals surface area (Å²) in [5.41, 5.74) is 0.850. The number of nitrogens with one attached hydrogen (secondary N) is 1. The molecule has 6 nitrogen and oxygen atoms in total. The number of halogens is 1. The molecule has 0 aliphatic rings. The third-order valence-electron chi connectivity index (χ3n) is 3.92. The summed E-state index contributed by atoms with van der Waals surface area (Å²) >= 11 is 1.58. The maximum absolute atomic E-state index is 13.8. The van der Waals surface area contributed by atoms with E-state index in [1.54, 1.807) is 23.9 Å². The van der Waals surface area contributed by atoms with E-state index in [0.29, 0.717) is 11.3 Å². The largest absolute Gasteiger partial charge is 0.505 e. The maximum atomic E-state index is 13.8. The molecule has 0 fully saturated rings. The van der Waals surface area contributed by atoms with Crippen molar-refractivity contribution in [2.24, 2.45) is 0 Å². The smallest absolute Gasteiger partial charge is 0.412 e. The van der Waals surface area contributed by atoms with Crippen LogP contribution in [0.2, 0.25) is 0 Å². The lowest BCUT2D eigenvalue weighted by molar-refractivity contribution is -0.0307. The Morgan fingerprint density at radius 2 is 1.96 bits per heavy atom. The van der Waals surface area contributed by atoms with Crippen LogP contribution in [0.4, 0.5) is 14.9 Å². The second kappa shape index (κ2) is 10.1. The van der Waals surface area contributed by atoms with Gasteiger partial charge >= 0.3 is 6.09 Å². The van der Waals surface area contributed by atoms with Crippen LogP contribution in [0.3, 0.4) is 0 Å². The number of amides is 1. The Balaban J connectivity index is 2.18. The Hall–Kier alpha value is -2.29. The van der Waals surface area contributed by atoms with Crippen LogP contribution in [0.5, 0.6) is 5.75 Å². The molecule has 3 N–H and O–H groups in total. The summed E-state index contributed by atoms with van der Waals surface area (Å²) in [5, 5.41) is 21.2. The third kappa shape index (κ3) is 5.85. The summed E-state index contributed by atoms with van der Waals surface area (Å²) in [6.07, 6.45) is -0.277. The van der Waals surface area contributed by atoms with E-state index < -0.39 is 29.9 Å². The van der Waals surface area contributed by atoms with Crippen molar-refractivity contribution in [2.75, 3.05) is 25.3 Å². The van der Waals surface area contributed by atoms with Crippen LogP contribution in [0.25, 0.3) is 0 Å². The number of methoxy groups -OCH3 is 1. The van der Waals surface area contributed by atoms with E-state index in [9.17, 15) is 19.4 Å². The summed E-state index contributed by atoms with van der Waals surface area (Å²) in [5.74, 6) is -1.35. The number of ether oxygens (including phenoxy) is 2. The molecule has 0 unspecified atom stereocenters. The predicted molar refractivity (Wildman–Crippen MR) is 102 cm³/mol. The van der Waals surface area contributed by atoms with E-state index in [1.165, 1.54) is 19.2 Å². The number of hydrogen-bond acceptors (Lipinski definition) is 6. The highest BCUT2D eigenvalue weighted by molar-refractivity contribution is 7.98. The number of aliphatic hydroxyl groups excluding tert-OH is 1. The first-order chi connectivity index (χ1) is 13.0. The van der Waals surface area contributed by atoms with Gasteiger partial charge in [0.05, 0.1) is 0 Å². The molecular formula is C19H22FNO5S. The minimum Gasteiger partial charge on any atom is -0.505 e. The SMILES string of the molecule is CO[C@H](CCO)[C@H](OC(=O)Nc1ccc(SC)cc1)c1ccc(O)c(F)c1. The zero-order chi connectivity index (χ0) is 19.8. The van der Waals surface area contributed by atoms with Gasteiger partial charge in [-0.15, -0.1) is 11.8 Å². The maximum Gasteiger partial charge on any atom is 0.412 e. The Morgan fingerprint density at radius 1 is 1.26 bits per heavy atom. The van der Waals surface area contributed by atoms with Crippen LogP contribution >= 0.6 is 11.8 Å². The molecule has 0 saturated heterocycles. The van der Waals surface area contributed by atoms with Crippen molar-refractivity contribution in [1.82, 2.24) is 0 Å². The van der Waals surface area contributed by atoms with Crippen molar-refractivity contribution < 1.29 is 28.9 Å². The van der Waals surface area contributed by atoms with E-state index in [-0.39, 0.29) is 13.0 Å². The van der Waals surface area contributed by atoms with Gasteiger partial charge in [0.2, 0.25) is 0 Å². The van der Waals surface area contributed by atoms with Crippen molar-refractivity contribution in [2.45, 2.75) is 23.5 Å². The van der Waals surface area contributed by atoms with Crippen molar-refractivity contribution >= 4 is 23.5 Å². The molecule has 2 atom stereocenters. The molecular weight excluding hydrogens is 373 g/mol. The normalized spacial score (nSPS) is 13.0. The summed E-state index contributed by atoms with van der Waals surface area (Å²) < 4.78 is 24.5. The number of hydrogen-bond donors (Lipinski definition) is 3. The molecule has 0 saturated carbocycles. The van der Waals surface area contributed by atoms with Gasteiger partial charge in [-0.05, 0) is 48.2 Å². The highest BCUT2D eigenvalue weighted by atomic mass is 32.2. The predicted octanol–water partition coefficient (Wildman–Crippen LogP) is 3.94. The van der Waals surface area contributed by atoms with Gasteiger partial charge in [0.1, 0.15) is 6.10 Å². The van der Waals surface area contributed by atoms with Crippen molar-refractivity contribution in [3.63, 3.8) is 0 Å². The van der Waals surface area contributed by atoms with Crippen LogP contribution in [0, 0.1) is 5.82 Å². The number of rotatable bonds is 8. The zero-order valence-corrected chi connectivity index (χ0v) is 15.8. The molecule has 0 spiro atoms. The number of anilines is 1. The number of phenolic OH excluding ortho intramolecular Hbond substituents is 1. The summed E-state index contributed by atoms with van der Waals surface area (Å²) in [7, 11) is 1.41. The van der Waals surface area contributed by atoms with Gasteiger partial charge in [-0.3, -0.25) is 5.32 Å². The van der Waals surface area contributed by atoms with E-state index in [2.05, 4.69) is 5.32 Å². The highest BCUT2D eigenvalue weighted by Gasteiger charge is 2.28. The number of carbonyl (C=O) groups is 1. The molecule has 0 aromatic heterocycles. The van der Waals surface area contributed by atoms with Crippen molar-refractivity contribution in [3.05, 3.63) is 53.8 Å². The molecule has 27 heavy (non-hydrogen) atoms. The van der Waals surface area contributed by atoms with Gasteiger partial charge in [-0.1, -0.05) is 6.07 Å². The lowest BCUT2D eigenvalue weighted by Gasteiger charge is -2.26. The summed E-state index contributed by atoms with van der Waals surface area (Å²) in [6, 6.07) is 10.9. The minimum atomic E-state index is -0.970. The molecule has 2 aromatic carbocycles. The third-order valence-corrected chi connectivity index (χ3v) is 4.67. The minimum absolute atomic E-state index is 0.180. The second-order valence-electron chi connectivity index (χ2n) is 5.68. The van der Waals surface area contributed by atoms with E-state index in [1.807, 2.05) is 18.4 Å². The summed E-state index contributed by atoms with van der Waals surface area (Å²) in [4.78, 5) is 13.4. The average Bonchev–Trinajstić information content (AvgIpc) is 2.67. The number of aromatic hydroxyl groups is 1. The van der Waals surface area contributed by atoms with Crippen LogP contribution < -0.4 is 5.32 Å². The number of benzene rings is 2. The van der Waals surface area contributed by atoms with E-state index >= 15 is 0 Å². The van der Waals surface area contributed by atoms with Crippen molar-refractivity contribution in [3.8, 4) is 5.75 Å². The quantitative estimate of drug-likeness (QED) is 0.587. The van der Waals surface area contributed by atoms with Crippen LogP contribution in [-0.4, -0.2) is 42.4 Å². The molecule has 0 radical (unpaired) electrons. The van der Waals surface area contributed by atoms with Crippen LogP contribution in [0.15, 0.2) is 47.4 Å². The van der Waals surface area contributed by atoms with E-state index in [4.69, 9.17) is 9.47 Å². The second-order valence-corrected chi connectivity index (χ2v) is 6.56. The van der Waals surface area contributed by atoms with Crippen LogP contribution in [-0.2, 0) is 9.47 Å². The Labute approximate surface area is 161 Å². The number of aliphatic hydroxyl groups is 1. The molecule has 0 bridgehead atoms. The van der Waals surface area contributed by atoms with Gasteiger partial charge in [-0.2, -0.15) is 0 Å². The fraction of sp³-hybridized carbons (Fsp3) is 0.316. The fourth-order valence-corrected chi connectivity index (χ4v) is 2.92. The molecule has 8 heteroatoms. The lowest BCUT2D eigenvalue weighted by Crippen LogP contribution is -2.29. The van der Waals surface area contributed by atoms with Gasteiger partial charge in [-0.25, -0.2) is 9.18 Å². The molecule has 1 amide bonds. The molecule has 146 valence electrons. The lowest BCUT2D eigenvalue weighted by atomic mass is 10.0. The molecule has 0 heterocycles.